The molecule has 0 aliphatic heterocycles. The number of hydrogen-bond acceptors (Lipinski definition) is 2. The summed E-state index contributed by atoms with van der Waals surface area (Å²) in [4.78, 5) is 11.5. The van der Waals surface area contributed by atoms with Crippen LogP contribution in [0, 0.1) is 0 Å². The zero-order chi connectivity index (χ0) is 13.9. The van der Waals surface area contributed by atoms with Crippen molar-refractivity contribution in [1.29, 1.82) is 0 Å². The van der Waals surface area contributed by atoms with Crippen molar-refractivity contribution in [2.24, 2.45) is 5.84 Å². The largest absolute Gasteiger partial charge is 0.343 e. The van der Waals surface area contributed by atoms with E-state index in [9.17, 15) is 4.79 Å². The maximum atomic E-state index is 11.5. The van der Waals surface area contributed by atoms with Crippen molar-refractivity contribution in [2.45, 2.75) is 6.54 Å². The van der Waals surface area contributed by atoms with E-state index < -0.39 is 0 Å². The predicted molar refractivity (Wildman–Crippen MR) is 79.1 cm³/mol. The fraction of sp³-hybridized carbons (Fsp3) is 0.0625. The molecule has 2 aromatic carbocycles. The summed E-state index contributed by atoms with van der Waals surface area (Å²) in [6, 6.07) is 17.8. The molecule has 1 amide bonds. The zero-order valence-electron chi connectivity index (χ0n) is 10.9. The molecular formula is C16H15N3O. The molecule has 0 atom stereocenters. The Hall–Kier alpha value is -2.59. The number of aromatic nitrogens is 1. The molecule has 0 aliphatic carbocycles. The first-order valence-electron chi connectivity index (χ1n) is 6.42. The summed E-state index contributed by atoms with van der Waals surface area (Å²) in [5.41, 5.74) is 4.97. The van der Waals surface area contributed by atoms with E-state index in [-0.39, 0.29) is 5.91 Å². The molecule has 20 heavy (non-hydrogen) atoms. The van der Waals surface area contributed by atoms with Gasteiger partial charge >= 0.3 is 0 Å². The summed E-state index contributed by atoms with van der Waals surface area (Å²) < 4.78 is 2.16. The Morgan fingerprint density at radius 2 is 1.95 bits per heavy atom. The molecule has 3 N–H and O–H groups in total. The second kappa shape index (κ2) is 5.19. The van der Waals surface area contributed by atoms with E-state index >= 15 is 0 Å². The van der Waals surface area contributed by atoms with E-state index in [0.29, 0.717) is 5.56 Å². The first-order valence-corrected chi connectivity index (χ1v) is 6.42. The first-order chi connectivity index (χ1) is 9.78. The van der Waals surface area contributed by atoms with Crippen LogP contribution in [-0.2, 0) is 6.54 Å². The monoisotopic (exact) mass is 265 g/mol. The molecule has 0 unspecified atom stereocenters. The van der Waals surface area contributed by atoms with Crippen LogP contribution in [-0.4, -0.2) is 10.5 Å². The molecule has 0 radical (unpaired) electrons. The minimum absolute atomic E-state index is 0.274. The molecule has 0 bridgehead atoms. The van der Waals surface area contributed by atoms with Crippen LogP contribution in [0.3, 0.4) is 0 Å². The number of para-hydroxylation sites is 1. The molecule has 0 fully saturated rings. The lowest BCUT2D eigenvalue weighted by molar-refractivity contribution is 0.0953. The number of amides is 1. The summed E-state index contributed by atoms with van der Waals surface area (Å²) >= 11 is 0. The van der Waals surface area contributed by atoms with Gasteiger partial charge in [-0.3, -0.25) is 10.2 Å². The smallest absolute Gasteiger partial charge is 0.265 e. The van der Waals surface area contributed by atoms with Gasteiger partial charge in [0.25, 0.3) is 5.91 Å². The standard InChI is InChI=1S/C16H15N3O/c17-18-16(20)14-6-3-4-12(10-14)11-19-9-8-13-5-1-2-7-15(13)19/h1-10H,11,17H2,(H,18,20). The molecule has 1 aromatic heterocycles. The Labute approximate surface area is 116 Å². The molecule has 1 heterocycles. The highest BCUT2D eigenvalue weighted by Crippen LogP contribution is 2.17. The Morgan fingerprint density at radius 1 is 1.10 bits per heavy atom. The van der Waals surface area contributed by atoms with Crippen molar-refractivity contribution in [2.75, 3.05) is 0 Å². The highest BCUT2D eigenvalue weighted by atomic mass is 16.2. The van der Waals surface area contributed by atoms with Gasteiger partial charge in [0.05, 0.1) is 0 Å². The van der Waals surface area contributed by atoms with Gasteiger partial charge in [0.15, 0.2) is 0 Å². The van der Waals surface area contributed by atoms with E-state index in [4.69, 9.17) is 5.84 Å². The highest BCUT2D eigenvalue weighted by Gasteiger charge is 2.05. The second-order valence-electron chi connectivity index (χ2n) is 4.68. The SMILES string of the molecule is NNC(=O)c1cccc(Cn2ccc3ccccc32)c1. The van der Waals surface area contributed by atoms with Crippen molar-refractivity contribution in [3.8, 4) is 0 Å². The van der Waals surface area contributed by atoms with Crippen LogP contribution >= 0.6 is 0 Å². The van der Waals surface area contributed by atoms with Crippen LogP contribution in [0.1, 0.15) is 15.9 Å². The van der Waals surface area contributed by atoms with Gasteiger partial charge in [-0.1, -0.05) is 30.3 Å². The number of rotatable bonds is 3. The molecule has 0 saturated carbocycles. The van der Waals surface area contributed by atoms with Crippen LogP contribution in [0.4, 0.5) is 0 Å². The molecule has 4 heteroatoms. The Bertz CT molecular complexity index is 761. The molecule has 4 nitrogen and oxygen atoms in total. The molecular weight excluding hydrogens is 250 g/mol. The van der Waals surface area contributed by atoms with Gasteiger partial charge in [-0.2, -0.15) is 0 Å². The molecule has 100 valence electrons. The van der Waals surface area contributed by atoms with Gasteiger partial charge in [0.1, 0.15) is 0 Å². The number of carbonyl (C=O) groups excluding carboxylic acids is 1. The number of nitrogens with one attached hydrogen (secondary N) is 1. The molecule has 0 saturated heterocycles. The lowest BCUT2D eigenvalue weighted by Crippen LogP contribution is -2.30. The van der Waals surface area contributed by atoms with Gasteiger partial charge in [-0.25, -0.2) is 5.84 Å². The van der Waals surface area contributed by atoms with Crippen molar-refractivity contribution in [3.05, 3.63) is 71.9 Å². The number of hydrogen-bond donors (Lipinski definition) is 2. The number of nitrogens with zero attached hydrogens (tertiary/aromatic N) is 1. The molecule has 0 aliphatic rings. The van der Waals surface area contributed by atoms with Gasteiger partial charge in [-0.05, 0) is 35.2 Å². The average molecular weight is 265 g/mol. The van der Waals surface area contributed by atoms with Gasteiger partial charge in [0.2, 0.25) is 0 Å². The zero-order valence-corrected chi connectivity index (χ0v) is 10.9. The van der Waals surface area contributed by atoms with Crippen LogP contribution < -0.4 is 11.3 Å². The van der Waals surface area contributed by atoms with Crippen molar-refractivity contribution >= 4 is 16.8 Å². The second-order valence-corrected chi connectivity index (χ2v) is 4.68. The normalized spacial score (nSPS) is 10.7. The summed E-state index contributed by atoms with van der Waals surface area (Å²) in [6.07, 6.45) is 2.06. The third-order valence-electron chi connectivity index (χ3n) is 3.35. The quantitative estimate of drug-likeness (QED) is 0.433. The van der Waals surface area contributed by atoms with E-state index in [1.54, 1.807) is 6.07 Å². The van der Waals surface area contributed by atoms with Crippen LogP contribution in [0.5, 0.6) is 0 Å². The Kier molecular flexibility index (Phi) is 3.23. The minimum Gasteiger partial charge on any atom is -0.343 e. The first kappa shape index (κ1) is 12.4. The number of carbonyl (C=O) groups is 1. The lowest BCUT2D eigenvalue weighted by atomic mass is 10.1. The number of nitrogens with two attached hydrogens (primary N) is 1. The molecule has 3 rings (SSSR count). The summed E-state index contributed by atoms with van der Waals surface area (Å²) in [5.74, 6) is 4.89. The van der Waals surface area contributed by atoms with Gasteiger partial charge in [-0.15, -0.1) is 0 Å². The predicted octanol–water partition coefficient (Wildman–Crippen LogP) is 2.29. The average Bonchev–Trinajstić information content (AvgIpc) is 2.90. The van der Waals surface area contributed by atoms with Crippen LogP contribution in [0.15, 0.2) is 60.8 Å². The fourth-order valence-electron chi connectivity index (χ4n) is 2.37. The lowest BCUT2D eigenvalue weighted by Gasteiger charge is -2.07. The van der Waals surface area contributed by atoms with Gasteiger partial charge < -0.3 is 4.57 Å². The molecule has 3 aromatic rings. The maximum Gasteiger partial charge on any atom is 0.265 e. The van der Waals surface area contributed by atoms with Crippen LogP contribution in [0.25, 0.3) is 10.9 Å². The minimum atomic E-state index is -0.274. The van der Waals surface area contributed by atoms with Crippen molar-refractivity contribution in [3.63, 3.8) is 0 Å². The van der Waals surface area contributed by atoms with E-state index in [0.717, 1.165) is 12.1 Å². The van der Waals surface area contributed by atoms with Crippen molar-refractivity contribution in [1.82, 2.24) is 9.99 Å². The number of hydrazine groups is 1. The van der Waals surface area contributed by atoms with Crippen LogP contribution in [0.2, 0.25) is 0 Å². The topological polar surface area (TPSA) is 60.0 Å². The number of nitrogen functional groups attached to an aromatic ring is 1. The number of benzene rings is 2. The van der Waals surface area contributed by atoms with E-state index in [1.807, 2.05) is 30.3 Å². The van der Waals surface area contributed by atoms with E-state index in [2.05, 4.69) is 34.4 Å². The Balaban J connectivity index is 1.93. The molecule has 0 spiro atoms. The third-order valence-corrected chi connectivity index (χ3v) is 3.35. The Morgan fingerprint density at radius 3 is 2.80 bits per heavy atom. The van der Waals surface area contributed by atoms with Crippen molar-refractivity contribution < 1.29 is 4.79 Å². The fourth-order valence-corrected chi connectivity index (χ4v) is 2.37. The van der Waals surface area contributed by atoms with E-state index in [1.165, 1.54) is 10.9 Å². The third kappa shape index (κ3) is 2.29. The number of fused-ring (bicyclic) bond motifs is 1. The van der Waals surface area contributed by atoms with Gasteiger partial charge in [0, 0.05) is 23.8 Å². The maximum absolute atomic E-state index is 11.5. The highest BCUT2D eigenvalue weighted by molar-refractivity contribution is 5.93. The summed E-state index contributed by atoms with van der Waals surface area (Å²) in [5, 5.41) is 1.21. The summed E-state index contributed by atoms with van der Waals surface area (Å²) in [6.45, 7) is 0.721. The summed E-state index contributed by atoms with van der Waals surface area (Å²) in [7, 11) is 0.